The third-order valence-corrected chi connectivity index (χ3v) is 6.44. The molecule has 0 aliphatic rings. The van der Waals surface area contributed by atoms with Gasteiger partial charge >= 0.3 is 0 Å². The zero-order chi connectivity index (χ0) is 25.4. The second kappa shape index (κ2) is 9.27. The van der Waals surface area contributed by atoms with Crippen LogP contribution in [0.5, 0.6) is 0 Å². The Morgan fingerprint density at radius 1 is 1.05 bits per heavy atom. The Labute approximate surface area is 211 Å². The highest BCUT2D eigenvalue weighted by molar-refractivity contribution is 6.05. The standard InChI is InChI=1S/C28H24N6O3/c1-17(18-6-7-26-22(11-18)21-4-2-3-5-25(21)37-26)32-24-14-30-16-34(28(24)36)15-27(35)31-13-20-10-19-12-29-9-8-23(19)33-20/h2-12,14,16-17,32-33H,13,15H2,1H3,(H,31,35)/t17-/m0/s1. The Hall–Kier alpha value is -4.92. The van der Waals surface area contributed by atoms with Crippen LogP contribution in [0.4, 0.5) is 5.69 Å². The molecular formula is C28H24N6O3. The van der Waals surface area contributed by atoms with Gasteiger partial charge in [0.1, 0.15) is 23.4 Å². The van der Waals surface area contributed by atoms with Gasteiger partial charge in [0.25, 0.3) is 5.56 Å². The van der Waals surface area contributed by atoms with Gasteiger partial charge in [-0.1, -0.05) is 24.3 Å². The lowest BCUT2D eigenvalue weighted by Gasteiger charge is -2.16. The minimum atomic E-state index is -0.316. The van der Waals surface area contributed by atoms with E-state index in [1.807, 2.05) is 55.5 Å². The van der Waals surface area contributed by atoms with Crippen LogP contribution in [0.25, 0.3) is 32.8 Å². The zero-order valence-corrected chi connectivity index (χ0v) is 20.1. The molecule has 4 aromatic heterocycles. The second-order valence-electron chi connectivity index (χ2n) is 8.99. The van der Waals surface area contributed by atoms with Gasteiger partial charge in [-0.2, -0.15) is 0 Å². The lowest BCUT2D eigenvalue weighted by molar-refractivity contribution is -0.121. The van der Waals surface area contributed by atoms with Crippen LogP contribution in [0, 0.1) is 0 Å². The molecule has 37 heavy (non-hydrogen) atoms. The van der Waals surface area contributed by atoms with Crippen molar-refractivity contribution in [2.24, 2.45) is 0 Å². The summed E-state index contributed by atoms with van der Waals surface area (Å²) in [5.74, 6) is -0.289. The van der Waals surface area contributed by atoms with Crippen LogP contribution >= 0.6 is 0 Å². The lowest BCUT2D eigenvalue weighted by atomic mass is 10.0. The molecular weight excluding hydrogens is 468 g/mol. The summed E-state index contributed by atoms with van der Waals surface area (Å²) in [6.07, 6.45) is 6.32. The van der Waals surface area contributed by atoms with Gasteiger partial charge in [-0.3, -0.25) is 19.1 Å². The summed E-state index contributed by atoms with van der Waals surface area (Å²) in [4.78, 5) is 37.1. The van der Waals surface area contributed by atoms with Gasteiger partial charge < -0.3 is 20.0 Å². The number of furan rings is 1. The van der Waals surface area contributed by atoms with Gasteiger partial charge in [0.2, 0.25) is 5.91 Å². The number of pyridine rings is 1. The van der Waals surface area contributed by atoms with E-state index in [0.29, 0.717) is 12.2 Å². The van der Waals surface area contributed by atoms with E-state index < -0.39 is 0 Å². The van der Waals surface area contributed by atoms with Gasteiger partial charge in [-0.05, 0) is 42.8 Å². The minimum absolute atomic E-state index is 0.134. The molecule has 9 heteroatoms. The number of benzene rings is 2. The van der Waals surface area contributed by atoms with Crippen molar-refractivity contribution in [3.8, 4) is 0 Å². The van der Waals surface area contributed by atoms with Gasteiger partial charge in [0.05, 0.1) is 19.1 Å². The molecule has 0 fully saturated rings. The van der Waals surface area contributed by atoms with Crippen LogP contribution in [-0.4, -0.2) is 25.4 Å². The van der Waals surface area contributed by atoms with Gasteiger partial charge in [0, 0.05) is 45.8 Å². The Bertz CT molecular complexity index is 1780. The van der Waals surface area contributed by atoms with E-state index in [-0.39, 0.29) is 24.1 Å². The van der Waals surface area contributed by atoms with E-state index in [9.17, 15) is 9.59 Å². The zero-order valence-electron chi connectivity index (χ0n) is 20.1. The van der Waals surface area contributed by atoms with Gasteiger partial charge in [-0.15, -0.1) is 0 Å². The van der Waals surface area contributed by atoms with Crippen LogP contribution in [0.15, 0.2) is 88.7 Å². The fourth-order valence-electron chi connectivity index (χ4n) is 4.52. The van der Waals surface area contributed by atoms with E-state index >= 15 is 0 Å². The number of nitrogens with one attached hydrogen (secondary N) is 3. The first kappa shape index (κ1) is 22.5. The summed E-state index contributed by atoms with van der Waals surface area (Å²) >= 11 is 0. The number of nitrogens with zero attached hydrogens (tertiary/aromatic N) is 3. The summed E-state index contributed by atoms with van der Waals surface area (Å²) in [5.41, 5.74) is 4.47. The molecule has 9 nitrogen and oxygen atoms in total. The number of carbonyl (C=O) groups excluding carboxylic acids is 1. The highest BCUT2D eigenvalue weighted by Gasteiger charge is 2.14. The summed E-state index contributed by atoms with van der Waals surface area (Å²) < 4.78 is 7.21. The first-order valence-electron chi connectivity index (χ1n) is 12.0. The van der Waals surface area contributed by atoms with E-state index in [2.05, 4.69) is 31.7 Å². The van der Waals surface area contributed by atoms with Crippen molar-refractivity contribution < 1.29 is 9.21 Å². The fraction of sp³-hybridized carbons (Fsp3) is 0.143. The molecule has 0 saturated carbocycles. The third kappa shape index (κ3) is 4.42. The molecule has 4 heterocycles. The number of rotatable bonds is 7. The smallest absolute Gasteiger partial charge is 0.277 e. The average Bonchev–Trinajstić information content (AvgIpc) is 3.50. The summed E-state index contributed by atoms with van der Waals surface area (Å²) in [6, 6.07) is 17.5. The van der Waals surface area contributed by atoms with E-state index in [4.69, 9.17) is 4.42 Å². The van der Waals surface area contributed by atoms with Crippen molar-refractivity contribution in [2.75, 3.05) is 5.32 Å². The number of hydrogen-bond acceptors (Lipinski definition) is 6. The van der Waals surface area contributed by atoms with Crippen molar-refractivity contribution in [3.05, 3.63) is 101 Å². The van der Waals surface area contributed by atoms with Gasteiger partial charge in [0.15, 0.2) is 0 Å². The SMILES string of the molecule is C[C@H](Nc1cncn(CC(=O)NCc2cc3cnccc3[nH]2)c1=O)c1ccc2oc3ccccc3c2c1. The predicted octanol–water partition coefficient (Wildman–Crippen LogP) is 4.51. The Morgan fingerprint density at radius 3 is 2.81 bits per heavy atom. The largest absolute Gasteiger partial charge is 0.456 e. The molecule has 1 atom stereocenters. The quantitative estimate of drug-likeness (QED) is 0.302. The fourth-order valence-corrected chi connectivity index (χ4v) is 4.52. The number of fused-ring (bicyclic) bond motifs is 4. The van der Waals surface area contributed by atoms with Crippen LogP contribution in [-0.2, 0) is 17.9 Å². The van der Waals surface area contributed by atoms with E-state index in [1.54, 1.807) is 12.4 Å². The predicted molar refractivity (Wildman–Crippen MR) is 142 cm³/mol. The highest BCUT2D eigenvalue weighted by Crippen LogP contribution is 2.31. The molecule has 1 amide bonds. The molecule has 0 radical (unpaired) electrons. The number of carbonyl (C=O) groups is 1. The van der Waals surface area contributed by atoms with Crippen LogP contribution in [0.2, 0.25) is 0 Å². The molecule has 184 valence electrons. The second-order valence-corrected chi connectivity index (χ2v) is 8.99. The highest BCUT2D eigenvalue weighted by atomic mass is 16.3. The molecule has 6 aromatic rings. The maximum absolute atomic E-state index is 13.1. The number of hydrogen-bond donors (Lipinski definition) is 3. The molecule has 0 bridgehead atoms. The Kier molecular flexibility index (Phi) is 5.65. The molecule has 0 aliphatic carbocycles. The third-order valence-electron chi connectivity index (χ3n) is 6.44. The summed E-state index contributed by atoms with van der Waals surface area (Å²) in [6.45, 7) is 2.16. The molecule has 0 aliphatic heterocycles. The number of amides is 1. The molecule has 0 spiro atoms. The van der Waals surface area contributed by atoms with Crippen LogP contribution in [0.3, 0.4) is 0 Å². The number of para-hydroxylation sites is 1. The minimum Gasteiger partial charge on any atom is -0.456 e. The Balaban J connectivity index is 1.15. The number of aromatic amines is 1. The van der Waals surface area contributed by atoms with Crippen LogP contribution in [0.1, 0.15) is 24.2 Å². The van der Waals surface area contributed by atoms with Gasteiger partial charge in [-0.25, -0.2) is 4.98 Å². The topological polar surface area (TPSA) is 118 Å². The molecule has 2 aromatic carbocycles. The monoisotopic (exact) mass is 492 g/mol. The maximum atomic E-state index is 13.1. The normalized spacial score (nSPS) is 12.2. The number of aromatic nitrogens is 4. The van der Waals surface area contributed by atoms with E-state index in [1.165, 1.54) is 17.1 Å². The van der Waals surface area contributed by atoms with Crippen molar-refractivity contribution in [3.63, 3.8) is 0 Å². The summed E-state index contributed by atoms with van der Waals surface area (Å²) in [5, 5.41) is 9.13. The molecule has 0 saturated heterocycles. The van der Waals surface area contributed by atoms with E-state index in [0.717, 1.165) is 44.1 Å². The Morgan fingerprint density at radius 2 is 1.92 bits per heavy atom. The first-order chi connectivity index (χ1) is 18.0. The molecule has 0 unspecified atom stereocenters. The van der Waals surface area contributed by atoms with Crippen molar-refractivity contribution in [1.29, 1.82) is 0 Å². The maximum Gasteiger partial charge on any atom is 0.277 e. The first-order valence-corrected chi connectivity index (χ1v) is 12.0. The lowest BCUT2D eigenvalue weighted by Crippen LogP contribution is -2.33. The van der Waals surface area contributed by atoms with Crippen molar-refractivity contribution in [2.45, 2.75) is 26.1 Å². The number of anilines is 1. The average molecular weight is 493 g/mol. The molecule has 3 N–H and O–H groups in total. The van der Waals surface area contributed by atoms with Crippen molar-refractivity contribution >= 4 is 44.4 Å². The summed E-state index contributed by atoms with van der Waals surface area (Å²) in [7, 11) is 0. The number of H-pyrrole nitrogens is 1. The van der Waals surface area contributed by atoms with Crippen molar-refractivity contribution in [1.82, 2.24) is 24.8 Å². The molecule has 6 rings (SSSR count). The van der Waals surface area contributed by atoms with Crippen LogP contribution < -0.4 is 16.2 Å².